The molecule has 0 bridgehead atoms. The fraction of sp³-hybridized carbons (Fsp3) is 0.294. The molecule has 4 nitrogen and oxygen atoms in total. The van der Waals surface area contributed by atoms with Gasteiger partial charge in [0, 0.05) is 12.3 Å². The number of aromatic nitrogens is 3. The smallest absolute Gasteiger partial charge is 0.191 e. The van der Waals surface area contributed by atoms with Crippen molar-refractivity contribution in [2.75, 3.05) is 0 Å². The van der Waals surface area contributed by atoms with E-state index in [1.54, 1.807) is 30.2 Å². The van der Waals surface area contributed by atoms with Crippen LogP contribution in [0.4, 0.5) is 4.39 Å². The van der Waals surface area contributed by atoms with Gasteiger partial charge in [-0.25, -0.2) is 4.39 Å². The van der Waals surface area contributed by atoms with Gasteiger partial charge in [-0.05, 0) is 37.1 Å². The van der Waals surface area contributed by atoms with Crippen LogP contribution in [-0.4, -0.2) is 14.8 Å². The van der Waals surface area contributed by atoms with Crippen LogP contribution in [0.1, 0.15) is 24.7 Å². The van der Waals surface area contributed by atoms with Gasteiger partial charge in [0.1, 0.15) is 11.6 Å². The van der Waals surface area contributed by atoms with Crippen molar-refractivity contribution in [3.63, 3.8) is 0 Å². The first-order chi connectivity index (χ1) is 11.2. The Bertz CT molecular complexity index is 779. The van der Waals surface area contributed by atoms with E-state index < -0.39 is 0 Å². The minimum absolute atomic E-state index is 0.217. The summed E-state index contributed by atoms with van der Waals surface area (Å²) in [6.07, 6.45) is 2.66. The first kappa shape index (κ1) is 15.8. The molecule has 2 heterocycles. The molecule has 0 N–H and O–H groups in total. The van der Waals surface area contributed by atoms with Gasteiger partial charge >= 0.3 is 0 Å². The number of hydrogen-bond acceptors (Lipinski definition) is 4. The van der Waals surface area contributed by atoms with Crippen LogP contribution in [0.15, 0.2) is 46.2 Å². The summed E-state index contributed by atoms with van der Waals surface area (Å²) < 4.78 is 20.5. The lowest BCUT2D eigenvalue weighted by Gasteiger charge is -2.08. The highest BCUT2D eigenvalue weighted by atomic mass is 32.2. The second-order valence-electron chi connectivity index (χ2n) is 5.26. The van der Waals surface area contributed by atoms with Crippen molar-refractivity contribution in [2.24, 2.45) is 0 Å². The summed E-state index contributed by atoms with van der Waals surface area (Å²) in [4.78, 5) is 0. The number of furan rings is 1. The Morgan fingerprint density at radius 2 is 1.96 bits per heavy atom. The highest BCUT2D eigenvalue weighted by molar-refractivity contribution is 7.98. The summed E-state index contributed by atoms with van der Waals surface area (Å²) in [7, 11) is 0. The highest BCUT2D eigenvalue weighted by Gasteiger charge is 2.16. The molecule has 3 aromatic rings. The van der Waals surface area contributed by atoms with Crippen molar-refractivity contribution < 1.29 is 8.81 Å². The molecule has 0 aliphatic rings. The first-order valence-electron chi connectivity index (χ1n) is 7.54. The van der Waals surface area contributed by atoms with Crippen LogP contribution >= 0.6 is 11.8 Å². The maximum atomic E-state index is 13.0. The van der Waals surface area contributed by atoms with Crippen molar-refractivity contribution in [1.82, 2.24) is 14.8 Å². The lowest BCUT2D eigenvalue weighted by molar-refractivity contribution is 0.534. The van der Waals surface area contributed by atoms with Gasteiger partial charge in [0.2, 0.25) is 0 Å². The molecule has 3 rings (SSSR count). The number of aryl methyl sites for hydroxylation is 1. The molecule has 0 aliphatic heterocycles. The molecule has 6 heteroatoms. The molecule has 0 fully saturated rings. The molecule has 0 atom stereocenters. The zero-order valence-electron chi connectivity index (χ0n) is 13.1. The molecule has 0 spiro atoms. The summed E-state index contributed by atoms with van der Waals surface area (Å²) in [6, 6.07) is 8.47. The van der Waals surface area contributed by atoms with E-state index in [1.165, 1.54) is 12.1 Å². The Morgan fingerprint density at radius 1 is 1.17 bits per heavy atom. The number of hydrogen-bond donors (Lipinski definition) is 0. The van der Waals surface area contributed by atoms with Crippen LogP contribution in [0, 0.1) is 12.7 Å². The van der Waals surface area contributed by atoms with E-state index in [2.05, 4.69) is 21.7 Å². The molecule has 0 saturated heterocycles. The normalized spacial score (nSPS) is 11.1. The van der Waals surface area contributed by atoms with Crippen molar-refractivity contribution in [3.8, 4) is 11.4 Å². The summed E-state index contributed by atoms with van der Waals surface area (Å²) in [5, 5.41) is 9.53. The van der Waals surface area contributed by atoms with E-state index in [4.69, 9.17) is 4.42 Å². The van der Waals surface area contributed by atoms with Crippen molar-refractivity contribution in [1.29, 1.82) is 0 Å². The SMILES string of the molecule is CCCn1c(SCc2ccc(F)cc2)nnc1-c1ccoc1C. The topological polar surface area (TPSA) is 43.9 Å². The van der Waals surface area contributed by atoms with E-state index in [-0.39, 0.29) is 5.82 Å². The van der Waals surface area contributed by atoms with Gasteiger partial charge in [0.25, 0.3) is 0 Å². The molecule has 0 saturated carbocycles. The molecule has 23 heavy (non-hydrogen) atoms. The number of benzene rings is 1. The quantitative estimate of drug-likeness (QED) is 0.615. The van der Waals surface area contributed by atoms with Crippen LogP contribution < -0.4 is 0 Å². The zero-order valence-corrected chi connectivity index (χ0v) is 13.9. The van der Waals surface area contributed by atoms with Crippen LogP contribution in [0.25, 0.3) is 11.4 Å². The van der Waals surface area contributed by atoms with E-state index in [9.17, 15) is 4.39 Å². The van der Waals surface area contributed by atoms with Crippen LogP contribution in [0.2, 0.25) is 0 Å². The van der Waals surface area contributed by atoms with Crippen LogP contribution in [-0.2, 0) is 12.3 Å². The molecule has 1 aromatic carbocycles. The average molecular weight is 331 g/mol. The minimum Gasteiger partial charge on any atom is -0.469 e. The van der Waals surface area contributed by atoms with Crippen molar-refractivity contribution in [2.45, 2.75) is 37.7 Å². The number of nitrogens with zero attached hydrogens (tertiary/aromatic N) is 3. The lowest BCUT2D eigenvalue weighted by Crippen LogP contribution is -2.02. The predicted molar refractivity (Wildman–Crippen MR) is 88.7 cm³/mol. The summed E-state index contributed by atoms with van der Waals surface area (Å²) in [5.74, 6) is 2.18. The standard InChI is InChI=1S/C17H18FN3OS/c1-3-9-21-16(15-8-10-22-12(15)2)19-20-17(21)23-11-13-4-6-14(18)7-5-13/h4-8,10H,3,9,11H2,1-2H3. The third kappa shape index (κ3) is 3.47. The van der Waals surface area contributed by atoms with Gasteiger partial charge in [-0.15, -0.1) is 10.2 Å². The van der Waals surface area contributed by atoms with Crippen LogP contribution in [0.3, 0.4) is 0 Å². The first-order valence-corrected chi connectivity index (χ1v) is 8.52. The monoisotopic (exact) mass is 331 g/mol. The Kier molecular flexibility index (Phi) is 4.81. The summed E-state index contributed by atoms with van der Waals surface area (Å²) in [5.41, 5.74) is 2.03. The van der Waals surface area contributed by atoms with Crippen LogP contribution in [0.5, 0.6) is 0 Å². The van der Waals surface area contributed by atoms with Gasteiger partial charge in [-0.1, -0.05) is 30.8 Å². The Morgan fingerprint density at radius 3 is 2.61 bits per heavy atom. The molecular formula is C17H18FN3OS. The van der Waals surface area contributed by atoms with E-state index in [0.717, 1.165) is 46.6 Å². The average Bonchev–Trinajstić information content (AvgIpc) is 3.13. The minimum atomic E-state index is -0.217. The Balaban J connectivity index is 1.83. The van der Waals surface area contributed by atoms with Gasteiger partial charge in [0.15, 0.2) is 11.0 Å². The maximum absolute atomic E-state index is 13.0. The third-order valence-corrected chi connectivity index (χ3v) is 4.58. The fourth-order valence-electron chi connectivity index (χ4n) is 2.37. The second kappa shape index (κ2) is 7.00. The summed E-state index contributed by atoms with van der Waals surface area (Å²) >= 11 is 1.61. The second-order valence-corrected chi connectivity index (χ2v) is 6.21. The molecule has 120 valence electrons. The van der Waals surface area contributed by atoms with E-state index in [0.29, 0.717) is 0 Å². The third-order valence-electron chi connectivity index (χ3n) is 3.54. The highest BCUT2D eigenvalue weighted by Crippen LogP contribution is 2.28. The Labute approximate surface area is 138 Å². The van der Waals surface area contributed by atoms with Gasteiger partial charge in [-0.2, -0.15) is 0 Å². The van der Waals surface area contributed by atoms with Crippen molar-refractivity contribution >= 4 is 11.8 Å². The number of halogens is 1. The van der Waals surface area contributed by atoms with Gasteiger partial charge < -0.3 is 8.98 Å². The molecule has 0 aliphatic carbocycles. The lowest BCUT2D eigenvalue weighted by atomic mass is 10.2. The molecule has 0 unspecified atom stereocenters. The number of thioether (sulfide) groups is 1. The van der Waals surface area contributed by atoms with Gasteiger partial charge in [-0.3, -0.25) is 0 Å². The van der Waals surface area contributed by atoms with E-state index >= 15 is 0 Å². The van der Waals surface area contributed by atoms with E-state index in [1.807, 2.05) is 13.0 Å². The summed E-state index contributed by atoms with van der Waals surface area (Å²) in [6.45, 7) is 4.89. The Hall–Kier alpha value is -2.08. The van der Waals surface area contributed by atoms with Crippen molar-refractivity contribution in [3.05, 3.63) is 53.7 Å². The predicted octanol–water partition coefficient (Wildman–Crippen LogP) is 4.69. The maximum Gasteiger partial charge on any atom is 0.191 e. The molecular weight excluding hydrogens is 313 g/mol. The number of rotatable bonds is 6. The largest absolute Gasteiger partial charge is 0.469 e. The molecule has 0 amide bonds. The fourth-order valence-corrected chi connectivity index (χ4v) is 3.29. The van der Waals surface area contributed by atoms with Gasteiger partial charge in [0.05, 0.1) is 11.8 Å². The zero-order chi connectivity index (χ0) is 16.2. The molecule has 2 aromatic heterocycles. The molecule has 0 radical (unpaired) electrons.